The predicted octanol–water partition coefficient (Wildman–Crippen LogP) is 3.87. The smallest absolute Gasteiger partial charge is 0.154 e. The van der Waals surface area contributed by atoms with E-state index in [9.17, 15) is 0 Å². The highest BCUT2D eigenvalue weighted by atomic mass is 16.5. The number of morpholine rings is 1. The van der Waals surface area contributed by atoms with Crippen LogP contribution in [0.3, 0.4) is 0 Å². The van der Waals surface area contributed by atoms with Crippen LogP contribution in [0.5, 0.6) is 0 Å². The molecule has 1 saturated heterocycles. The Bertz CT molecular complexity index is 1250. The molecular formula is C25H30N8O. The Balaban J connectivity index is 1.27. The lowest BCUT2D eigenvalue weighted by Gasteiger charge is -2.26. The Labute approximate surface area is 199 Å². The maximum Gasteiger partial charge on any atom is 0.154 e. The van der Waals surface area contributed by atoms with Crippen molar-refractivity contribution in [2.75, 3.05) is 38.2 Å². The molecule has 0 bridgehead atoms. The first kappa shape index (κ1) is 22.4. The standard InChI is InChI=1S/C25H30N8O/c1-18(2)19-13-25(31-27-15-19)30-24-5-4-22-23(29-24)12-20(14-26-22)21-16-28-33(17-21)7-3-6-32-8-10-34-11-9-32/h4-5,12-18H,3,6-11H2,1-2H3,(H,29,30,31). The van der Waals surface area contributed by atoms with E-state index >= 15 is 0 Å². The third-order valence-electron chi connectivity index (χ3n) is 6.07. The minimum atomic E-state index is 0.382. The molecule has 0 aromatic carbocycles. The first-order chi connectivity index (χ1) is 16.6. The monoisotopic (exact) mass is 458 g/mol. The summed E-state index contributed by atoms with van der Waals surface area (Å²) in [6, 6.07) is 7.93. The van der Waals surface area contributed by atoms with Gasteiger partial charge in [-0.15, -0.1) is 5.10 Å². The number of nitrogens with one attached hydrogen (secondary N) is 1. The lowest BCUT2D eigenvalue weighted by Crippen LogP contribution is -2.37. The summed E-state index contributed by atoms with van der Waals surface area (Å²) in [7, 11) is 0. The molecule has 0 amide bonds. The number of fused-ring (bicyclic) bond motifs is 1. The fraction of sp³-hybridized carbons (Fsp3) is 0.400. The van der Waals surface area contributed by atoms with E-state index in [1.807, 2.05) is 35.3 Å². The molecule has 4 aromatic rings. The van der Waals surface area contributed by atoms with Crippen molar-refractivity contribution in [2.45, 2.75) is 32.7 Å². The number of rotatable bonds is 8. The minimum Gasteiger partial charge on any atom is -0.379 e. The molecule has 0 atom stereocenters. The predicted molar refractivity (Wildman–Crippen MR) is 132 cm³/mol. The molecule has 0 radical (unpaired) electrons. The molecule has 1 fully saturated rings. The number of ether oxygens (including phenoxy) is 1. The zero-order valence-electron chi connectivity index (χ0n) is 19.7. The summed E-state index contributed by atoms with van der Waals surface area (Å²) < 4.78 is 7.42. The van der Waals surface area contributed by atoms with E-state index in [0.29, 0.717) is 17.6 Å². The molecule has 0 spiro atoms. The maximum absolute atomic E-state index is 5.42. The van der Waals surface area contributed by atoms with Crippen LogP contribution in [0.2, 0.25) is 0 Å². The van der Waals surface area contributed by atoms with Crippen LogP contribution in [0.15, 0.2) is 49.1 Å². The molecule has 1 aliphatic rings. The first-order valence-corrected chi connectivity index (χ1v) is 11.8. The van der Waals surface area contributed by atoms with Crippen LogP contribution < -0.4 is 5.32 Å². The molecule has 9 heteroatoms. The molecule has 9 nitrogen and oxygen atoms in total. The molecule has 5 rings (SSSR count). The van der Waals surface area contributed by atoms with E-state index in [-0.39, 0.29) is 0 Å². The van der Waals surface area contributed by atoms with Crippen LogP contribution in [-0.4, -0.2) is 67.7 Å². The topological polar surface area (TPSA) is 93.9 Å². The summed E-state index contributed by atoms with van der Waals surface area (Å²) in [6.07, 6.45) is 8.71. The van der Waals surface area contributed by atoms with Gasteiger partial charge in [0.15, 0.2) is 5.82 Å². The second kappa shape index (κ2) is 10.2. The van der Waals surface area contributed by atoms with Crippen molar-refractivity contribution in [1.29, 1.82) is 0 Å². The van der Waals surface area contributed by atoms with Crippen LogP contribution in [0.4, 0.5) is 11.6 Å². The van der Waals surface area contributed by atoms with Gasteiger partial charge in [0.2, 0.25) is 0 Å². The van der Waals surface area contributed by atoms with Crippen molar-refractivity contribution >= 4 is 22.7 Å². The van der Waals surface area contributed by atoms with Gasteiger partial charge in [-0.2, -0.15) is 10.2 Å². The highest BCUT2D eigenvalue weighted by Gasteiger charge is 2.11. The van der Waals surface area contributed by atoms with Gasteiger partial charge in [0.05, 0.1) is 36.6 Å². The Kier molecular flexibility index (Phi) is 6.73. The van der Waals surface area contributed by atoms with Gasteiger partial charge in [-0.1, -0.05) is 13.8 Å². The van der Waals surface area contributed by atoms with Crippen molar-refractivity contribution in [3.05, 3.63) is 54.6 Å². The number of aromatic nitrogens is 6. The van der Waals surface area contributed by atoms with Gasteiger partial charge < -0.3 is 10.1 Å². The van der Waals surface area contributed by atoms with Gasteiger partial charge in [-0.25, -0.2) is 4.98 Å². The van der Waals surface area contributed by atoms with Gasteiger partial charge in [0, 0.05) is 49.7 Å². The van der Waals surface area contributed by atoms with E-state index in [2.05, 4.69) is 56.6 Å². The molecule has 1 N–H and O–H groups in total. The van der Waals surface area contributed by atoms with Crippen LogP contribution >= 0.6 is 0 Å². The number of hydrogen-bond acceptors (Lipinski definition) is 8. The number of aryl methyl sites for hydroxylation is 1. The fourth-order valence-corrected chi connectivity index (χ4v) is 4.04. The van der Waals surface area contributed by atoms with Crippen LogP contribution in [0.25, 0.3) is 22.2 Å². The quantitative estimate of drug-likeness (QED) is 0.425. The SMILES string of the molecule is CC(C)c1cnnc(Nc2ccc3ncc(-c4cnn(CCCN5CCOCC5)c4)cc3n2)c1. The van der Waals surface area contributed by atoms with E-state index in [1.165, 1.54) is 0 Å². The fourth-order valence-electron chi connectivity index (χ4n) is 4.04. The number of anilines is 2. The summed E-state index contributed by atoms with van der Waals surface area (Å²) in [6.45, 7) is 9.94. The van der Waals surface area contributed by atoms with Crippen LogP contribution in [-0.2, 0) is 11.3 Å². The maximum atomic E-state index is 5.42. The van der Waals surface area contributed by atoms with E-state index < -0.39 is 0 Å². The zero-order chi connectivity index (χ0) is 23.3. The van der Waals surface area contributed by atoms with Gasteiger partial charge in [-0.05, 0) is 42.2 Å². The van der Waals surface area contributed by atoms with Gasteiger partial charge in [0.25, 0.3) is 0 Å². The Morgan fingerprint density at radius 1 is 0.971 bits per heavy atom. The van der Waals surface area contributed by atoms with Crippen LogP contribution in [0, 0.1) is 0 Å². The Morgan fingerprint density at radius 2 is 1.85 bits per heavy atom. The second-order valence-corrected chi connectivity index (χ2v) is 8.91. The average molecular weight is 459 g/mol. The third-order valence-corrected chi connectivity index (χ3v) is 6.07. The lowest BCUT2D eigenvalue weighted by molar-refractivity contribution is 0.0368. The third kappa shape index (κ3) is 5.37. The minimum absolute atomic E-state index is 0.382. The van der Waals surface area contributed by atoms with Crippen molar-refractivity contribution in [1.82, 2.24) is 34.8 Å². The summed E-state index contributed by atoms with van der Waals surface area (Å²) in [5, 5.41) is 16.1. The molecule has 5 heterocycles. The van der Waals surface area contributed by atoms with E-state index in [0.717, 1.165) is 73.5 Å². The van der Waals surface area contributed by atoms with Crippen molar-refractivity contribution < 1.29 is 4.74 Å². The van der Waals surface area contributed by atoms with Crippen molar-refractivity contribution in [2.24, 2.45) is 0 Å². The number of hydrogen-bond donors (Lipinski definition) is 1. The normalized spacial score (nSPS) is 14.7. The zero-order valence-corrected chi connectivity index (χ0v) is 19.7. The largest absolute Gasteiger partial charge is 0.379 e. The highest BCUT2D eigenvalue weighted by molar-refractivity contribution is 5.81. The Morgan fingerprint density at radius 3 is 2.71 bits per heavy atom. The Hall–Kier alpha value is -3.43. The summed E-state index contributed by atoms with van der Waals surface area (Å²) in [4.78, 5) is 11.8. The summed E-state index contributed by atoms with van der Waals surface area (Å²) in [5.41, 5.74) is 4.82. The number of pyridine rings is 2. The van der Waals surface area contributed by atoms with Gasteiger partial charge in [0.1, 0.15) is 5.82 Å². The lowest BCUT2D eigenvalue weighted by atomic mass is 10.1. The number of nitrogens with zero attached hydrogens (tertiary/aromatic N) is 7. The van der Waals surface area contributed by atoms with Crippen LogP contribution in [0.1, 0.15) is 31.7 Å². The molecule has 34 heavy (non-hydrogen) atoms. The van der Waals surface area contributed by atoms with Crippen molar-refractivity contribution in [3.63, 3.8) is 0 Å². The van der Waals surface area contributed by atoms with Crippen molar-refractivity contribution in [3.8, 4) is 11.1 Å². The van der Waals surface area contributed by atoms with E-state index in [1.54, 1.807) is 6.20 Å². The second-order valence-electron chi connectivity index (χ2n) is 8.91. The molecule has 0 aliphatic carbocycles. The first-order valence-electron chi connectivity index (χ1n) is 11.8. The molecule has 0 unspecified atom stereocenters. The van der Waals surface area contributed by atoms with E-state index in [4.69, 9.17) is 9.72 Å². The average Bonchev–Trinajstić information content (AvgIpc) is 3.33. The molecule has 0 saturated carbocycles. The van der Waals surface area contributed by atoms with Gasteiger partial charge in [-0.3, -0.25) is 14.6 Å². The molecule has 176 valence electrons. The summed E-state index contributed by atoms with van der Waals surface area (Å²) in [5.74, 6) is 1.77. The summed E-state index contributed by atoms with van der Waals surface area (Å²) >= 11 is 0. The molecule has 4 aromatic heterocycles. The molecular weight excluding hydrogens is 428 g/mol. The molecule has 1 aliphatic heterocycles. The van der Waals surface area contributed by atoms with Gasteiger partial charge >= 0.3 is 0 Å². The highest BCUT2D eigenvalue weighted by Crippen LogP contribution is 2.24.